The van der Waals surface area contributed by atoms with Crippen molar-refractivity contribution in [3.63, 3.8) is 0 Å². The second-order valence-electron chi connectivity index (χ2n) is 5.32. The number of hydrogen-bond acceptors (Lipinski definition) is 5. The van der Waals surface area contributed by atoms with Crippen LogP contribution in [0.5, 0.6) is 0 Å². The molecule has 3 N–H and O–H groups in total. The second kappa shape index (κ2) is 11.7. The quantitative estimate of drug-likeness (QED) is 0.809. The van der Waals surface area contributed by atoms with E-state index in [0.717, 1.165) is 37.6 Å². The molecule has 2 rings (SSSR count). The zero-order chi connectivity index (χ0) is 14.5. The van der Waals surface area contributed by atoms with Crippen molar-refractivity contribution < 1.29 is 4.79 Å². The van der Waals surface area contributed by atoms with E-state index in [1.165, 1.54) is 0 Å². The molecule has 0 saturated carbocycles. The average molecular weight is 387 g/mol. The van der Waals surface area contributed by atoms with E-state index in [9.17, 15) is 4.79 Å². The molecule has 23 heavy (non-hydrogen) atoms. The zero-order valence-corrected chi connectivity index (χ0v) is 15.8. The SMILES string of the molecule is C[C@@H](N)C(=O)NCc1ccnc(N2CCN(C)CC2)c1.Cl.Cl.Cl. The Balaban J connectivity index is 0. The maximum atomic E-state index is 11.5. The summed E-state index contributed by atoms with van der Waals surface area (Å²) in [5.74, 6) is 0.841. The third-order valence-electron chi connectivity index (χ3n) is 3.52. The van der Waals surface area contributed by atoms with Gasteiger partial charge in [0.2, 0.25) is 5.91 Å². The molecule has 1 atom stereocenters. The summed E-state index contributed by atoms with van der Waals surface area (Å²) >= 11 is 0. The van der Waals surface area contributed by atoms with Crippen LogP contribution in [0.4, 0.5) is 5.82 Å². The number of pyridine rings is 1. The van der Waals surface area contributed by atoms with Crippen LogP contribution in [0, 0.1) is 0 Å². The molecule has 6 nitrogen and oxygen atoms in total. The molecule has 0 aromatic carbocycles. The topological polar surface area (TPSA) is 74.5 Å². The molecule has 2 heterocycles. The van der Waals surface area contributed by atoms with Crippen molar-refractivity contribution in [3.05, 3.63) is 23.9 Å². The Morgan fingerprint density at radius 3 is 2.48 bits per heavy atom. The van der Waals surface area contributed by atoms with Crippen LogP contribution in [0.3, 0.4) is 0 Å². The number of amides is 1. The molecule has 1 aromatic rings. The van der Waals surface area contributed by atoms with E-state index in [2.05, 4.69) is 27.1 Å². The van der Waals surface area contributed by atoms with Crippen LogP contribution in [0.1, 0.15) is 12.5 Å². The van der Waals surface area contributed by atoms with Crippen LogP contribution < -0.4 is 16.0 Å². The molecule has 1 aliphatic rings. The van der Waals surface area contributed by atoms with E-state index in [4.69, 9.17) is 5.73 Å². The summed E-state index contributed by atoms with van der Waals surface area (Å²) in [5.41, 5.74) is 6.57. The van der Waals surface area contributed by atoms with Crippen LogP contribution >= 0.6 is 37.2 Å². The summed E-state index contributed by atoms with van der Waals surface area (Å²) in [6.45, 7) is 6.24. The minimum atomic E-state index is -0.478. The fourth-order valence-corrected chi connectivity index (χ4v) is 2.13. The molecule has 0 spiro atoms. The zero-order valence-electron chi connectivity index (χ0n) is 13.4. The van der Waals surface area contributed by atoms with Gasteiger partial charge in [-0.1, -0.05) is 0 Å². The first-order chi connectivity index (χ1) is 9.56. The predicted octanol–water partition coefficient (Wildman–Crippen LogP) is 1.06. The van der Waals surface area contributed by atoms with Gasteiger partial charge >= 0.3 is 0 Å². The summed E-state index contributed by atoms with van der Waals surface area (Å²) < 4.78 is 0. The number of hydrogen-bond donors (Lipinski definition) is 2. The molecule has 0 aliphatic carbocycles. The highest BCUT2D eigenvalue weighted by Crippen LogP contribution is 2.14. The number of carbonyl (C=O) groups excluding carboxylic acids is 1. The average Bonchev–Trinajstić information content (AvgIpc) is 2.45. The summed E-state index contributed by atoms with van der Waals surface area (Å²) in [6.07, 6.45) is 1.79. The third kappa shape index (κ3) is 7.54. The van der Waals surface area contributed by atoms with Crippen LogP contribution in [-0.4, -0.2) is 55.1 Å². The normalized spacial score (nSPS) is 15.5. The van der Waals surface area contributed by atoms with Crippen LogP contribution in [0.15, 0.2) is 18.3 Å². The lowest BCUT2D eigenvalue weighted by Gasteiger charge is -2.33. The van der Waals surface area contributed by atoms with Gasteiger partial charge in [-0.2, -0.15) is 0 Å². The molecule has 1 aliphatic heterocycles. The highest BCUT2D eigenvalue weighted by atomic mass is 35.5. The van der Waals surface area contributed by atoms with Crippen molar-refractivity contribution >= 4 is 48.9 Å². The van der Waals surface area contributed by atoms with E-state index in [0.29, 0.717) is 6.54 Å². The number of halogens is 3. The molecule has 1 aromatic heterocycles. The summed E-state index contributed by atoms with van der Waals surface area (Å²) in [6, 6.07) is 3.47. The fraction of sp³-hybridized carbons (Fsp3) is 0.571. The van der Waals surface area contributed by atoms with Crippen LogP contribution in [0.25, 0.3) is 0 Å². The molecule has 0 radical (unpaired) electrons. The number of rotatable bonds is 4. The van der Waals surface area contributed by atoms with Crippen LogP contribution in [-0.2, 0) is 11.3 Å². The fourth-order valence-electron chi connectivity index (χ4n) is 2.13. The molecule has 1 fully saturated rings. The van der Waals surface area contributed by atoms with Gasteiger partial charge in [0.1, 0.15) is 5.82 Å². The van der Waals surface area contributed by atoms with Gasteiger partial charge in [0, 0.05) is 38.9 Å². The van der Waals surface area contributed by atoms with Gasteiger partial charge in [-0.25, -0.2) is 4.98 Å². The van der Waals surface area contributed by atoms with Crippen molar-refractivity contribution in [2.24, 2.45) is 5.73 Å². The molecular weight excluding hydrogens is 361 g/mol. The van der Waals surface area contributed by atoms with Gasteiger partial charge in [-0.05, 0) is 31.7 Å². The Morgan fingerprint density at radius 1 is 1.30 bits per heavy atom. The van der Waals surface area contributed by atoms with E-state index in [1.54, 1.807) is 13.1 Å². The lowest BCUT2D eigenvalue weighted by atomic mass is 10.2. The molecule has 9 heteroatoms. The third-order valence-corrected chi connectivity index (χ3v) is 3.52. The Kier molecular flexibility index (Phi) is 12.4. The molecule has 1 saturated heterocycles. The largest absolute Gasteiger partial charge is 0.354 e. The summed E-state index contributed by atoms with van der Waals surface area (Å²) in [5, 5.41) is 2.82. The first-order valence-electron chi connectivity index (χ1n) is 6.98. The number of carbonyl (C=O) groups is 1. The van der Waals surface area contributed by atoms with Crippen molar-refractivity contribution in [1.29, 1.82) is 0 Å². The maximum absolute atomic E-state index is 11.5. The lowest BCUT2D eigenvalue weighted by molar-refractivity contribution is -0.122. The lowest BCUT2D eigenvalue weighted by Crippen LogP contribution is -2.44. The Hall–Kier alpha value is -0.790. The summed E-state index contributed by atoms with van der Waals surface area (Å²) in [4.78, 5) is 20.5. The van der Waals surface area contributed by atoms with Crippen molar-refractivity contribution in [3.8, 4) is 0 Å². The molecule has 0 bridgehead atoms. The number of aromatic nitrogens is 1. The van der Waals surface area contributed by atoms with Crippen LogP contribution in [0.2, 0.25) is 0 Å². The van der Waals surface area contributed by atoms with Gasteiger partial charge in [0.15, 0.2) is 0 Å². The van der Waals surface area contributed by atoms with E-state index in [-0.39, 0.29) is 43.1 Å². The summed E-state index contributed by atoms with van der Waals surface area (Å²) in [7, 11) is 2.13. The smallest absolute Gasteiger partial charge is 0.236 e. The minimum Gasteiger partial charge on any atom is -0.354 e. The number of anilines is 1. The minimum absolute atomic E-state index is 0. The molecule has 0 unspecified atom stereocenters. The Labute approximate surface area is 156 Å². The number of nitrogens with two attached hydrogens (primary N) is 1. The number of likely N-dealkylation sites (N-methyl/N-ethyl adjacent to an activating group) is 1. The van der Waals surface area contributed by atoms with E-state index >= 15 is 0 Å². The first-order valence-corrected chi connectivity index (χ1v) is 6.98. The number of piperazine rings is 1. The van der Waals surface area contributed by atoms with Crippen molar-refractivity contribution in [2.75, 3.05) is 38.1 Å². The molecular formula is C14H26Cl3N5O. The van der Waals surface area contributed by atoms with Gasteiger partial charge in [-0.15, -0.1) is 37.2 Å². The van der Waals surface area contributed by atoms with Gasteiger partial charge in [-0.3, -0.25) is 4.79 Å². The highest BCUT2D eigenvalue weighted by molar-refractivity contribution is 5.86. The number of nitrogens with one attached hydrogen (secondary N) is 1. The van der Waals surface area contributed by atoms with E-state index in [1.807, 2.05) is 12.1 Å². The number of nitrogens with zero attached hydrogens (tertiary/aromatic N) is 3. The van der Waals surface area contributed by atoms with Crippen molar-refractivity contribution in [1.82, 2.24) is 15.2 Å². The predicted molar refractivity (Wildman–Crippen MR) is 101 cm³/mol. The molecule has 1 amide bonds. The standard InChI is InChI=1S/C14H23N5O.3ClH/c1-11(15)14(20)17-10-12-3-4-16-13(9-12)19-7-5-18(2)6-8-19;;;/h3-4,9,11H,5-8,10,15H2,1-2H3,(H,17,20);3*1H/t11-;;;/m1.../s1. The van der Waals surface area contributed by atoms with Gasteiger partial charge in [0.25, 0.3) is 0 Å². The van der Waals surface area contributed by atoms with E-state index < -0.39 is 6.04 Å². The van der Waals surface area contributed by atoms with Gasteiger partial charge in [0.05, 0.1) is 6.04 Å². The maximum Gasteiger partial charge on any atom is 0.236 e. The van der Waals surface area contributed by atoms with Gasteiger partial charge < -0.3 is 20.9 Å². The monoisotopic (exact) mass is 385 g/mol. The Morgan fingerprint density at radius 2 is 1.91 bits per heavy atom. The van der Waals surface area contributed by atoms with Crippen molar-refractivity contribution in [2.45, 2.75) is 19.5 Å². The molecule has 134 valence electrons. The Bertz CT molecular complexity index is 467. The first kappa shape index (κ1) is 24.5. The second-order valence-corrected chi connectivity index (χ2v) is 5.32. The highest BCUT2D eigenvalue weighted by Gasteiger charge is 2.15.